The monoisotopic (exact) mass is 247 g/mol. The summed E-state index contributed by atoms with van der Waals surface area (Å²) in [6.07, 6.45) is 11.3. The predicted molar refractivity (Wildman–Crippen MR) is 73.4 cm³/mol. The van der Waals surface area contributed by atoms with E-state index in [1.54, 1.807) is 0 Å². The van der Waals surface area contributed by atoms with Crippen LogP contribution in [0.1, 0.15) is 38.2 Å². The topological polar surface area (TPSA) is 29.9 Å². The van der Waals surface area contributed by atoms with Gasteiger partial charge in [0.15, 0.2) is 0 Å². The van der Waals surface area contributed by atoms with Gasteiger partial charge in [-0.15, -0.1) is 0 Å². The van der Waals surface area contributed by atoms with Gasteiger partial charge in [-0.05, 0) is 63.0 Å². The molecular weight excluding hydrogens is 222 g/mol. The summed E-state index contributed by atoms with van der Waals surface area (Å²) in [6.45, 7) is 3.11. The lowest BCUT2D eigenvalue weighted by atomic mass is 9.81. The van der Waals surface area contributed by atoms with Crippen LogP contribution in [0.3, 0.4) is 0 Å². The van der Waals surface area contributed by atoms with E-state index in [0.29, 0.717) is 6.04 Å². The minimum absolute atomic E-state index is 0.648. The van der Waals surface area contributed by atoms with Gasteiger partial charge in [0.2, 0.25) is 0 Å². The Kier molecular flexibility index (Phi) is 3.42. The van der Waals surface area contributed by atoms with Crippen LogP contribution in [0.5, 0.6) is 0 Å². The first-order chi connectivity index (χ1) is 8.80. The van der Waals surface area contributed by atoms with Crippen LogP contribution in [-0.2, 0) is 13.0 Å². The number of fused-ring (bicyclic) bond motifs is 2. The van der Waals surface area contributed by atoms with Crippen molar-refractivity contribution in [3.05, 3.63) is 18.0 Å². The summed E-state index contributed by atoms with van der Waals surface area (Å²) in [6, 6.07) is 0.648. The van der Waals surface area contributed by atoms with E-state index >= 15 is 0 Å². The second-order valence-corrected chi connectivity index (χ2v) is 6.14. The fraction of sp³-hybridized carbons (Fsp3) is 0.800. The molecule has 1 aromatic heterocycles. The standard InChI is InChI=1S/C15H25N3/c1-3-18-10-12(9-17-18)8-15(16-2)14-7-11-4-5-13(14)6-11/h9-11,13-16H,3-8H2,1-2H3. The molecule has 3 nitrogen and oxygen atoms in total. The molecule has 2 aliphatic carbocycles. The Morgan fingerprint density at radius 1 is 1.44 bits per heavy atom. The third kappa shape index (κ3) is 2.20. The van der Waals surface area contributed by atoms with E-state index in [2.05, 4.69) is 30.6 Å². The Morgan fingerprint density at radius 3 is 2.89 bits per heavy atom. The fourth-order valence-electron chi connectivity index (χ4n) is 4.19. The van der Waals surface area contributed by atoms with Crippen molar-refractivity contribution in [2.24, 2.45) is 17.8 Å². The molecule has 2 bridgehead atoms. The van der Waals surface area contributed by atoms with Crippen molar-refractivity contribution in [1.29, 1.82) is 0 Å². The summed E-state index contributed by atoms with van der Waals surface area (Å²) >= 11 is 0. The van der Waals surface area contributed by atoms with Crippen LogP contribution >= 0.6 is 0 Å². The first-order valence-electron chi connectivity index (χ1n) is 7.48. The Bertz CT molecular complexity index is 398. The molecule has 18 heavy (non-hydrogen) atoms. The van der Waals surface area contributed by atoms with Gasteiger partial charge >= 0.3 is 0 Å². The Morgan fingerprint density at radius 2 is 2.33 bits per heavy atom. The molecular formula is C15H25N3. The van der Waals surface area contributed by atoms with Gasteiger partial charge in [-0.1, -0.05) is 6.42 Å². The number of likely N-dealkylation sites (N-methyl/N-ethyl adjacent to an activating group) is 1. The van der Waals surface area contributed by atoms with Crippen molar-refractivity contribution in [1.82, 2.24) is 15.1 Å². The summed E-state index contributed by atoms with van der Waals surface area (Å²) in [5.74, 6) is 2.93. The maximum absolute atomic E-state index is 4.39. The molecule has 0 aliphatic heterocycles. The van der Waals surface area contributed by atoms with Crippen LogP contribution in [0.25, 0.3) is 0 Å². The number of hydrogen-bond donors (Lipinski definition) is 1. The van der Waals surface area contributed by atoms with E-state index in [-0.39, 0.29) is 0 Å². The van der Waals surface area contributed by atoms with E-state index < -0.39 is 0 Å². The highest BCUT2D eigenvalue weighted by Gasteiger charge is 2.42. The van der Waals surface area contributed by atoms with Gasteiger partial charge in [0.05, 0.1) is 6.20 Å². The number of nitrogens with zero attached hydrogens (tertiary/aromatic N) is 2. The quantitative estimate of drug-likeness (QED) is 0.866. The van der Waals surface area contributed by atoms with Crippen molar-refractivity contribution >= 4 is 0 Å². The molecule has 0 saturated heterocycles. The summed E-state index contributed by atoms with van der Waals surface area (Å²) in [5, 5.41) is 7.95. The van der Waals surface area contributed by atoms with Crippen molar-refractivity contribution in [3.8, 4) is 0 Å². The zero-order chi connectivity index (χ0) is 12.5. The van der Waals surface area contributed by atoms with Crippen LogP contribution < -0.4 is 5.32 Å². The van der Waals surface area contributed by atoms with Gasteiger partial charge in [-0.25, -0.2) is 0 Å². The van der Waals surface area contributed by atoms with Gasteiger partial charge in [-0.3, -0.25) is 4.68 Å². The second-order valence-electron chi connectivity index (χ2n) is 6.14. The average molecular weight is 247 g/mol. The molecule has 4 unspecified atom stereocenters. The van der Waals surface area contributed by atoms with Crippen molar-refractivity contribution < 1.29 is 0 Å². The first kappa shape index (κ1) is 12.2. The minimum Gasteiger partial charge on any atom is -0.316 e. The lowest BCUT2D eigenvalue weighted by Gasteiger charge is -2.30. The average Bonchev–Trinajstić information content (AvgIpc) is 3.11. The molecule has 0 aromatic carbocycles. The van der Waals surface area contributed by atoms with E-state index in [0.717, 1.165) is 30.7 Å². The van der Waals surface area contributed by atoms with Crippen LogP contribution in [0.15, 0.2) is 12.4 Å². The highest BCUT2D eigenvalue weighted by atomic mass is 15.3. The minimum atomic E-state index is 0.648. The lowest BCUT2D eigenvalue weighted by Crippen LogP contribution is -2.38. The Balaban J connectivity index is 1.65. The largest absolute Gasteiger partial charge is 0.316 e. The van der Waals surface area contributed by atoms with Crippen LogP contribution in [0.2, 0.25) is 0 Å². The van der Waals surface area contributed by atoms with E-state index in [9.17, 15) is 0 Å². The Labute approximate surface area is 110 Å². The zero-order valence-electron chi connectivity index (χ0n) is 11.6. The molecule has 0 amide bonds. The summed E-state index contributed by atoms with van der Waals surface area (Å²) in [4.78, 5) is 0. The lowest BCUT2D eigenvalue weighted by molar-refractivity contribution is 0.255. The normalized spacial score (nSPS) is 32.0. The van der Waals surface area contributed by atoms with Gasteiger partial charge in [0, 0.05) is 18.8 Å². The van der Waals surface area contributed by atoms with Crippen LogP contribution in [-0.4, -0.2) is 22.9 Å². The number of aryl methyl sites for hydroxylation is 1. The number of nitrogens with one attached hydrogen (secondary N) is 1. The molecule has 1 N–H and O–H groups in total. The molecule has 100 valence electrons. The predicted octanol–water partition coefficient (Wildman–Crippen LogP) is 2.47. The SMILES string of the molecule is CCn1cc(CC(NC)C2CC3CCC2C3)cn1. The molecule has 1 aromatic rings. The summed E-state index contributed by atoms with van der Waals surface area (Å²) in [5.41, 5.74) is 1.39. The van der Waals surface area contributed by atoms with Gasteiger partial charge in [0.1, 0.15) is 0 Å². The molecule has 2 aliphatic rings. The van der Waals surface area contributed by atoms with Crippen LogP contribution in [0, 0.1) is 17.8 Å². The maximum atomic E-state index is 4.39. The smallest absolute Gasteiger partial charge is 0.0522 e. The van der Waals surface area contributed by atoms with Gasteiger partial charge < -0.3 is 5.32 Å². The van der Waals surface area contributed by atoms with Gasteiger partial charge in [0.25, 0.3) is 0 Å². The Hall–Kier alpha value is -0.830. The van der Waals surface area contributed by atoms with E-state index in [1.165, 1.54) is 31.2 Å². The van der Waals surface area contributed by atoms with Crippen molar-refractivity contribution in [3.63, 3.8) is 0 Å². The zero-order valence-corrected chi connectivity index (χ0v) is 11.6. The van der Waals surface area contributed by atoms with E-state index in [1.807, 2.05) is 10.9 Å². The highest BCUT2D eigenvalue weighted by Crippen LogP contribution is 2.49. The van der Waals surface area contributed by atoms with Crippen LogP contribution in [0.4, 0.5) is 0 Å². The molecule has 0 spiro atoms. The fourth-order valence-corrected chi connectivity index (χ4v) is 4.19. The molecule has 3 rings (SSSR count). The first-order valence-corrected chi connectivity index (χ1v) is 7.48. The third-order valence-electron chi connectivity index (χ3n) is 5.15. The third-order valence-corrected chi connectivity index (χ3v) is 5.15. The van der Waals surface area contributed by atoms with Crippen molar-refractivity contribution in [2.45, 2.75) is 51.6 Å². The molecule has 3 heteroatoms. The summed E-state index contributed by atoms with van der Waals surface area (Å²) < 4.78 is 2.03. The van der Waals surface area contributed by atoms with Gasteiger partial charge in [-0.2, -0.15) is 5.10 Å². The number of aromatic nitrogens is 2. The molecule has 2 fully saturated rings. The molecule has 1 heterocycles. The molecule has 4 atom stereocenters. The number of hydrogen-bond acceptors (Lipinski definition) is 2. The molecule has 0 radical (unpaired) electrons. The van der Waals surface area contributed by atoms with Crippen molar-refractivity contribution in [2.75, 3.05) is 7.05 Å². The maximum Gasteiger partial charge on any atom is 0.0522 e. The van der Waals surface area contributed by atoms with E-state index in [4.69, 9.17) is 0 Å². The molecule has 2 saturated carbocycles. The second kappa shape index (κ2) is 5.04. The summed E-state index contributed by atoms with van der Waals surface area (Å²) in [7, 11) is 2.13. The number of rotatable bonds is 5. The highest BCUT2D eigenvalue weighted by molar-refractivity contribution is 5.08.